The second-order valence-electron chi connectivity index (χ2n) is 13.6. The number of nitrogens with zero attached hydrogens (tertiary/aromatic N) is 5. The van der Waals surface area contributed by atoms with Crippen LogP contribution in [0.1, 0.15) is 52.0 Å². The SMILES string of the molecule is CCOC(=O)c1cc2cc(N3CCN(C(=O)c4cc5cc(N6CCN(CCCCc7c[nH]c8ccc(C#N)cc78)CC6)ccc5o4)CC3)ccc2o1. The predicted octanol–water partition coefficient (Wildman–Crippen LogP) is 6.82. The van der Waals surface area contributed by atoms with Gasteiger partial charge in [0.25, 0.3) is 5.91 Å². The molecule has 11 heteroatoms. The highest BCUT2D eigenvalue weighted by atomic mass is 16.5. The zero-order valence-corrected chi connectivity index (χ0v) is 29.4. The van der Waals surface area contributed by atoms with E-state index in [-0.39, 0.29) is 11.7 Å². The number of furan rings is 2. The number of aromatic amines is 1. The van der Waals surface area contributed by atoms with E-state index < -0.39 is 5.97 Å². The summed E-state index contributed by atoms with van der Waals surface area (Å²) >= 11 is 0. The fourth-order valence-electron chi connectivity index (χ4n) is 7.52. The number of nitriles is 1. The van der Waals surface area contributed by atoms with Crippen LogP contribution in [0.2, 0.25) is 0 Å². The first-order valence-corrected chi connectivity index (χ1v) is 18.2. The molecule has 0 spiro atoms. The largest absolute Gasteiger partial charge is 0.460 e. The summed E-state index contributed by atoms with van der Waals surface area (Å²) in [5, 5.41) is 12.2. The van der Waals surface area contributed by atoms with Crippen LogP contribution < -0.4 is 9.80 Å². The summed E-state index contributed by atoms with van der Waals surface area (Å²) in [7, 11) is 0. The first-order valence-electron chi connectivity index (χ1n) is 18.2. The Balaban J connectivity index is 0.815. The van der Waals surface area contributed by atoms with Gasteiger partial charge in [-0.05, 0) is 105 Å². The third-order valence-electron chi connectivity index (χ3n) is 10.4. The number of carbonyl (C=O) groups is 2. The molecule has 0 saturated carbocycles. The van der Waals surface area contributed by atoms with E-state index in [0.717, 1.165) is 90.6 Å². The van der Waals surface area contributed by atoms with Gasteiger partial charge in [-0.25, -0.2) is 4.79 Å². The number of nitrogens with one attached hydrogen (secondary N) is 1. The molecule has 0 radical (unpaired) electrons. The van der Waals surface area contributed by atoms with Gasteiger partial charge in [-0.2, -0.15) is 5.26 Å². The molecule has 0 unspecified atom stereocenters. The molecule has 0 bridgehead atoms. The Kier molecular flexibility index (Phi) is 9.31. The average Bonchev–Trinajstić information content (AvgIpc) is 3.93. The summed E-state index contributed by atoms with van der Waals surface area (Å²) in [6.07, 6.45) is 5.34. The van der Waals surface area contributed by atoms with E-state index in [2.05, 4.69) is 44.1 Å². The number of hydrogen-bond donors (Lipinski definition) is 1. The van der Waals surface area contributed by atoms with Crippen molar-refractivity contribution < 1.29 is 23.2 Å². The Labute approximate surface area is 301 Å². The summed E-state index contributed by atoms with van der Waals surface area (Å²) in [5.41, 5.74) is 6.61. The predicted molar refractivity (Wildman–Crippen MR) is 201 cm³/mol. The van der Waals surface area contributed by atoms with Crippen LogP contribution in [0, 0.1) is 11.3 Å². The Morgan fingerprint density at radius 2 is 1.44 bits per heavy atom. The second-order valence-corrected chi connectivity index (χ2v) is 13.6. The lowest BCUT2D eigenvalue weighted by atomic mass is 10.1. The maximum Gasteiger partial charge on any atom is 0.374 e. The minimum Gasteiger partial charge on any atom is -0.460 e. The molecule has 266 valence electrons. The van der Waals surface area contributed by atoms with Gasteiger partial charge < -0.3 is 33.3 Å². The smallest absolute Gasteiger partial charge is 0.374 e. The number of hydrogen-bond acceptors (Lipinski definition) is 9. The minimum absolute atomic E-state index is 0.0907. The Hall–Kier alpha value is -5.73. The van der Waals surface area contributed by atoms with E-state index in [9.17, 15) is 14.9 Å². The van der Waals surface area contributed by atoms with E-state index >= 15 is 0 Å². The average molecular weight is 699 g/mol. The lowest BCUT2D eigenvalue weighted by Crippen LogP contribution is -2.48. The van der Waals surface area contributed by atoms with Crippen molar-refractivity contribution in [1.82, 2.24) is 14.8 Å². The molecule has 6 aromatic rings. The monoisotopic (exact) mass is 698 g/mol. The lowest BCUT2D eigenvalue weighted by molar-refractivity contribution is 0.0492. The topological polar surface area (TPSA) is 122 Å². The number of benzene rings is 3. The van der Waals surface area contributed by atoms with Crippen LogP contribution in [-0.4, -0.2) is 92.2 Å². The number of fused-ring (bicyclic) bond motifs is 3. The van der Waals surface area contributed by atoms with Gasteiger partial charge in [0.1, 0.15) is 11.2 Å². The number of rotatable bonds is 10. The number of aromatic nitrogens is 1. The molecule has 3 aromatic carbocycles. The molecular formula is C41H42N6O5. The number of unbranched alkanes of at least 4 members (excludes halogenated alkanes) is 1. The number of aryl methyl sites for hydroxylation is 1. The zero-order chi connectivity index (χ0) is 35.6. The van der Waals surface area contributed by atoms with E-state index in [4.69, 9.17) is 13.6 Å². The minimum atomic E-state index is -0.466. The number of anilines is 2. The molecule has 0 atom stereocenters. The van der Waals surface area contributed by atoms with Gasteiger partial charge in [0.15, 0.2) is 5.76 Å². The molecule has 5 heterocycles. The van der Waals surface area contributed by atoms with Crippen molar-refractivity contribution in [3.05, 3.63) is 95.6 Å². The normalized spacial score (nSPS) is 15.5. The molecule has 0 aliphatic carbocycles. The Morgan fingerprint density at radius 1 is 0.788 bits per heavy atom. The third-order valence-corrected chi connectivity index (χ3v) is 10.4. The highest BCUT2D eigenvalue weighted by Crippen LogP contribution is 2.29. The number of esters is 1. The molecule has 2 aliphatic rings. The fourth-order valence-corrected chi connectivity index (χ4v) is 7.52. The lowest BCUT2D eigenvalue weighted by Gasteiger charge is -2.36. The van der Waals surface area contributed by atoms with Crippen LogP contribution in [0.5, 0.6) is 0 Å². The van der Waals surface area contributed by atoms with Crippen LogP contribution in [-0.2, 0) is 11.2 Å². The molecule has 2 aliphatic heterocycles. The van der Waals surface area contributed by atoms with E-state index in [1.165, 1.54) is 5.56 Å². The number of amides is 1. The van der Waals surface area contributed by atoms with Gasteiger partial charge in [0.2, 0.25) is 5.76 Å². The summed E-state index contributed by atoms with van der Waals surface area (Å²) in [4.78, 5) is 38.0. The molecule has 11 nitrogen and oxygen atoms in total. The maximum atomic E-state index is 13.5. The van der Waals surface area contributed by atoms with Crippen molar-refractivity contribution in [2.24, 2.45) is 0 Å². The summed E-state index contributed by atoms with van der Waals surface area (Å²) < 4.78 is 16.8. The zero-order valence-electron chi connectivity index (χ0n) is 29.4. The fraction of sp³-hybridized carbons (Fsp3) is 0.341. The number of carbonyl (C=O) groups excluding carboxylic acids is 2. The van der Waals surface area contributed by atoms with Crippen LogP contribution in [0.4, 0.5) is 11.4 Å². The molecule has 2 saturated heterocycles. The summed E-state index contributed by atoms with van der Waals surface area (Å²) in [6.45, 7) is 9.61. The van der Waals surface area contributed by atoms with E-state index in [0.29, 0.717) is 49.7 Å². The van der Waals surface area contributed by atoms with Crippen molar-refractivity contribution in [1.29, 1.82) is 5.26 Å². The summed E-state index contributed by atoms with van der Waals surface area (Å²) in [5.74, 6) is 0.0106. The first-order chi connectivity index (χ1) is 25.4. The van der Waals surface area contributed by atoms with Gasteiger partial charge in [0, 0.05) is 91.6 Å². The Bertz CT molecular complexity index is 2280. The van der Waals surface area contributed by atoms with Gasteiger partial charge in [-0.3, -0.25) is 9.69 Å². The van der Waals surface area contributed by atoms with Gasteiger partial charge in [-0.15, -0.1) is 0 Å². The maximum absolute atomic E-state index is 13.5. The van der Waals surface area contributed by atoms with Gasteiger partial charge >= 0.3 is 5.97 Å². The molecule has 3 aromatic heterocycles. The van der Waals surface area contributed by atoms with Crippen molar-refractivity contribution in [3.8, 4) is 6.07 Å². The van der Waals surface area contributed by atoms with Crippen molar-refractivity contribution >= 4 is 56.1 Å². The van der Waals surface area contributed by atoms with Crippen LogP contribution in [0.15, 0.2) is 81.8 Å². The van der Waals surface area contributed by atoms with Crippen molar-refractivity contribution in [3.63, 3.8) is 0 Å². The summed E-state index contributed by atoms with van der Waals surface area (Å²) in [6, 6.07) is 23.8. The van der Waals surface area contributed by atoms with Crippen molar-refractivity contribution in [2.75, 3.05) is 75.3 Å². The van der Waals surface area contributed by atoms with Gasteiger partial charge in [0.05, 0.1) is 18.2 Å². The highest BCUT2D eigenvalue weighted by molar-refractivity contribution is 5.97. The second kappa shape index (κ2) is 14.5. The molecule has 52 heavy (non-hydrogen) atoms. The first kappa shape index (κ1) is 33.4. The molecule has 2 fully saturated rings. The number of piperazine rings is 2. The van der Waals surface area contributed by atoms with E-state index in [1.807, 2.05) is 53.4 Å². The van der Waals surface area contributed by atoms with Gasteiger partial charge in [-0.1, -0.05) is 0 Å². The van der Waals surface area contributed by atoms with Crippen molar-refractivity contribution in [2.45, 2.75) is 26.2 Å². The quantitative estimate of drug-likeness (QED) is 0.121. The van der Waals surface area contributed by atoms with Crippen LogP contribution in [0.25, 0.3) is 32.8 Å². The standard InChI is InChI=1S/C41H42N6O5/c1-2-50-41(49)39-25-31-23-33(8-11-37(31)52-39)46-17-19-47(20-18-46)40(48)38-24-30-22-32(7-10-36(30)51-38)45-15-13-44(14-16-45)12-4-3-5-29-27-43-35-9-6-28(26-42)21-34(29)35/h6-11,21-25,27,43H,2-5,12-20H2,1H3. The molecule has 1 amide bonds. The number of H-pyrrole nitrogens is 1. The molecule has 1 N–H and O–H groups in total. The molecular weight excluding hydrogens is 656 g/mol. The van der Waals surface area contributed by atoms with Crippen LogP contribution in [0.3, 0.4) is 0 Å². The number of ether oxygens (including phenoxy) is 1. The third kappa shape index (κ3) is 6.82. The van der Waals surface area contributed by atoms with E-state index in [1.54, 1.807) is 13.0 Å². The highest BCUT2D eigenvalue weighted by Gasteiger charge is 2.26. The van der Waals surface area contributed by atoms with Crippen LogP contribution >= 0.6 is 0 Å². The molecule has 8 rings (SSSR count). The Morgan fingerprint density at radius 3 is 2.12 bits per heavy atom.